The highest BCUT2D eigenvalue weighted by molar-refractivity contribution is 6.34. The standard InChI is InChI=1S/C12H14Cl2O2/c1-9(15)4-2-3-7-16-12-8-10(13)5-6-11(12)14/h5-6,8H,2-4,7H2,1H3. The highest BCUT2D eigenvalue weighted by Crippen LogP contribution is 2.27. The van der Waals surface area contributed by atoms with Crippen LogP contribution in [0.2, 0.25) is 10.0 Å². The van der Waals surface area contributed by atoms with Gasteiger partial charge in [0.2, 0.25) is 0 Å². The molecule has 1 aromatic carbocycles. The molecule has 2 nitrogen and oxygen atoms in total. The molecule has 0 aliphatic carbocycles. The summed E-state index contributed by atoms with van der Waals surface area (Å²) in [5, 5.41) is 1.15. The van der Waals surface area contributed by atoms with Crippen LogP contribution in [-0.4, -0.2) is 12.4 Å². The van der Waals surface area contributed by atoms with Crippen LogP contribution in [0.4, 0.5) is 0 Å². The number of unbranched alkanes of at least 4 members (excludes halogenated alkanes) is 1. The summed E-state index contributed by atoms with van der Waals surface area (Å²) in [5.41, 5.74) is 0. The Morgan fingerprint density at radius 2 is 2.06 bits per heavy atom. The molecule has 0 bridgehead atoms. The molecule has 0 fully saturated rings. The predicted octanol–water partition coefficient (Wildman–Crippen LogP) is 4.13. The normalized spacial score (nSPS) is 10.2. The summed E-state index contributed by atoms with van der Waals surface area (Å²) < 4.78 is 5.47. The molecule has 88 valence electrons. The van der Waals surface area contributed by atoms with Gasteiger partial charge in [0.05, 0.1) is 11.6 Å². The van der Waals surface area contributed by atoms with Gasteiger partial charge < -0.3 is 9.53 Å². The van der Waals surface area contributed by atoms with Crippen LogP contribution in [0.3, 0.4) is 0 Å². The number of carbonyl (C=O) groups is 1. The highest BCUT2D eigenvalue weighted by Gasteiger charge is 2.02. The molecule has 0 aromatic heterocycles. The summed E-state index contributed by atoms with van der Waals surface area (Å²) in [4.78, 5) is 10.7. The SMILES string of the molecule is CC(=O)CCCCOc1cc(Cl)ccc1Cl. The number of Topliss-reactive ketones (excluding diaryl/α,β-unsaturated/α-hetero) is 1. The Kier molecular flexibility index (Phi) is 5.64. The molecular formula is C12H14Cl2O2. The maximum absolute atomic E-state index is 10.7. The lowest BCUT2D eigenvalue weighted by atomic mass is 10.2. The summed E-state index contributed by atoms with van der Waals surface area (Å²) in [6.07, 6.45) is 2.28. The van der Waals surface area contributed by atoms with Gasteiger partial charge in [-0.3, -0.25) is 0 Å². The number of halogens is 2. The summed E-state index contributed by atoms with van der Waals surface area (Å²) in [6, 6.07) is 5.11. The van der Waals surface area contributed by atoms with E-state index in [4.69, 9.17) is 27.9 Å². The molecule has 1 aromatic rings. The lowest BCUT2D eigenvalue weighted by Crippen LogP contribution is -1.99. The quantitative estimate of drug-likeness (QED) is 0.719. The van der Waals surface area contributed by atoms with E-state index in [2.05, 4.69) is 0 Å². The van der Waals surface area contributed by atoms with Crippen LogP contribution < -0.4 is 4.74 Å². The van der Waals surface area contributed by atoms with E-state index < -0.39 is 0 Å². The lowest BCUT2D eigenvalue weighted by Gasteiger charge is -2.07. The fourth-order valence-electron chi connectivity index (χ4n) is 1.25. The third-order valence-electron chi connectivity index (χ3n) is 2.07. The Balaban J connectivity index is 2.31. The van der Waals surface area contributed by atoms with E-state index in [1.807, 2.05) is 0 Å². The number of ketones is 1. The van der Waals surface area contributed by atoms with Gasteiger partial charge in [0.1, 0.15) is 11.5 Å². The minimum atomic E-state index is 0.209. The second kappa shape index (κ2) is 6.77. The largest absolute Gasteiger partial charge is 0.492 e. The van der Waals surface area contributed by atoms with Gasteiger partial charge in [-0.1, -0.05) is 23.2 Å². The van der Waals surface area contributed by atoms with Crippen molar-refractivity contribution in [1.29, 1.82) is 0 Å². The van der Waals surface area contributed by atoms with Gasteiger partial charge in [-0.25, -0.2) is 0 Å². The van der Waals surface area contributed by atoms with E-state index in [0.717, 1.165) is 12.8 Å². The van der Waals surface area contributed by atoms with Gasteiger partial charge in [-0.2, -0.15) is 0 Å². The topological polar surface area (TPSA) is 26.3 Å². The fourth-order valence-corrected chi connectivity index (χ4v) is 1.58. The highest BCUT2D eigenvalue weighted by atomic mass is 35.5. The molecule has 0 aliphatic heterocycles. The zero-order chi connectivity index (χ0) is 12.0. The van der Waals surface area contributed by atoms with E-state index in [1.54, 1.807) is 25.1 Å². The second-order valence-corrected chi connectivity index (χ2v) is 4.43. The molecule has 0 unspecified atom stereocenters. The van der Waals surface area contributed by atoms with Crippen LogP contribution >= 0.6 is 23.2 Å². The second-order valence-electron chi connectivity index (χ2n) is 3.58. The van der Waals surface area contributed by atoms with Gasteiger partial charge in [0, 0.05) is 17.5 Å². The minimum Gasteiger partial charge on any atom is -0.492 e. The van der Waals surface area contributed by atoms with Crippen molar-refractivity contribution in [3.05, 3.63) is 28.2 Å². The Bertz CT molecular complexity index is 364. The minimum absolute atomic E-state index is 0.209. The van der Waals surface area contributed by atoms with Crippen molar-refractivity contribution in [2.45, 2.75) is 26.2 Å². The van der Waals surface area contributed by atoms with Crippen molar-refractivity contribution in [2.75, 3.05) is 6.61 Å². The number of hydrogen-bond donors (Lipinski definition) is 0. The zero-order valence-electron chi connectivity index (χ0n) is 9.13. The fraction of sp³-hybridized carbons (Fsp3) is 0.417. The molecule has 4 heteroatoms. The molecule has 0 saturated carbocycles. The molecule has 0 N–H and O–H groups in total. The summed E-state index contributed by atoms with van der Waals surface area (Å²) >= 11 is 11.7. The number of ether oxygens (including phenoxy) is 1. The molecule has 0 spiro atoms. The first-order valence-electron chi connectivity index (χ1n) is 5.17. The van der Waals surface area contributed by atoms with Crippen LogP contribution in [-0.2, 0) is 4.79 Å². The summed E-state index contributed by atoms with van der Waals surface area (Å²) in [6.45, 7) is 2.14. The van der Waals surface area contributed by atoms with Crippen molar-refractivity contribution in [1.82, 2.24) is 0 Å². The van der Waals surface area contributed by atoms with Crippen molar-refractivity contribution in [3.63, 3.8) is 0 Å². The van der Waals surface area contributed by atoms with Gasteiger partial charge in [-0.05, 0) is 31.9 Å². The van der Waals surface area contributed by atoms with E-state index >= 15 is 0 Å². The average Bonchev–Trinajstić information content (AvgIpc) is 2.22. The molecule has 0 atom stereocenters. The van der Waals surface area contributed by atoms with Crippen LogP contribution in [0.25, 0.3) is 0 Å². The van der Waals surface area contributed by atoms with Gasteiger partial charge in [0.25, 0.3) is 0 Å². The Morgan fingerprint density at radius 3 is 2.75 bits per heavy atom. The van der Waals surface area contributed by atoms with Crippen molar-refractivity contribution < 1.29 is 9.53 Å². The summed E-state index contributed by atoms with van der Waals surface area (Å²) in [5.74, 6) is 0.803. The van der Waals surface area contributed by atoms with E-state index in [0.29, 0.717) is 28.8 Å². The van der Waals surface area contributed by atoms with E-state index in [1.165, 1.54) is 0 Å². The summed E-state index contributed by atoms with van der Waals surface area (Å²) in [7, 11) is 0. The Hall–Kier alpha value is -0.730. The van der Waals surface area contributed by atoms with Crippen LogP contribution in [0.15, 0.2) is 18.2 Å². The van der Waals surface area contributed by atoms with Crippen molar-refractivity contribution in [2.24, 2.45) is 0 Å². The number of hydrogen-bond acceptors (Lipinski definition) is 2. The smallest absolute Gasteiger partial charge is 0.139 e. The maximum Gasteiger partial charge on any atom is 0.139 e. The molecule has 0 radical (unpaired) electrons. The molecule has 0 aliphatic rings. The van der Waals surface area contributed by atoms with Crippen LogP contribution in [0.1, 0.15) is 26.2 Å². The Morgan fingerprint density at radius 1 is 1.31 bits per heavy atom. The third-order valence-corrected chi connectivity index (χ3v) is 2.62. The zero-order valence-corrected chi connectivity index (χ0v) is 10.6. The van der Waals surface area contributed by atoms with Gasteiger partial charge in [-0.15, -0.1) is 0 Å². The monoisotopic (exact) mass is 260 g/mol. The van der Waals surface area contributed by atoms with E-state index in [9.17, 15) is 4.79 Å². The first kappa shape index (κ1) is 13.3. The van der Waals surface area contributed by atoms with E-state index in [-0.39, 0.29) is 5.78 Å². The third kappa shape index (κ3) is 4.86. The van der Waals surface area contributed by atoms with Crippen molar-refractivity contribution >= 4 is 29.0 Å². The van der Waals surface area contributed by atoms with Crippen LogP contribution in [0.5, 0.6) is 5.75 Å². The average molecular weight is 261 g/mol. The molecular weight excluding hydrogens is 247 g/mol. The Labute approximate surface area is 106 Å². The van der Waals surface area contributed by atoms with Crippen molar-refractivity contribution in [3.8, 4) is 5.75 Å². The molecule has 16 heavy (non-hydrogen) atoms. The lowest BCUT2D eigenvalue weighted by molar-refractivity contribution is -0.117. The first-order chi connectivity index (χ1) is 7.59. The predicted molar refractivity (Wildman–Crippen MR) is 66.5 cm³/mol. The molecule has 0 heterocycles. The molecule has 0 saturated heterocycles. The molecule has 1 rings (SSSR count). The van der Waals surface area contributed by atoms with Crippen LogP contribution in [0, 0.1) is 0 Å². The van der Waals surface area contributed by atoms with Gasteiger partial charge >= 0.3 is 0 Å². The maximum atomic E-state index is 10.7. The van der Waals surface area contributed by atoms with Gasteiger partial charge in [0.15, 0.2) is 0 Å². The molecule has 0 amide bonds. The number of benzene rings is 1. The first-order valence-corrected chi connectivity index (χ1v) is 5.92. The number of carbonyl (C=O) groups excluding carboxylic acids is 1. The number of rotatable bonds is 6.